The third-order valence-corrected chi connectivity index (χ3v) is 3.69. The van der Waals surface area contributed by atoms with Crippen LogP contribution in [0.5, 0.6) is 0 Å². The van der Waals surface area contributed by atoms with Gasteiger partial charge >= 0.3 is 0 Å². The molecule has 0 nitrogen and oxygen atoms in total. The number of allylic oxidation sites excluding steroid dienone is 3. The van der Waals surface area contributed by atoms with Gasteiger partial charge in [0, 0.05) is 4.90 Å². The molecule has 0 fully saturated rings. The maximum absolute atomic E-state index is 4.12. The molecular formula is C13H14S. The van der Waals surface area contributed by atoms with E-state index >= 15 is 0 Å². The fourth-order valence-corrected chi connectivity index (χ4v) is 2.97. The average molecular weight is 202 g/mol. The van der Waals surface area contributed by atoms with Gasteiger partial charge < -0.3 is 0 Å². The lowest BCUT2D eigenvalue weighted by atomic mass is 9.98. The molecule has 0 amide bonds. The Morgan fingerprint density at radius 1 is 1.07 bits per heavy atom. The summed E-state index contributed by atoms with van der Waals surface area (Å²) in [5.41, 5.74) is 5.16. The minimum absolute atomic E-state index is 1.15. The van der Waals surface area contributed by atoms with Gasteiger partial charge in [0.2, 0.25) is 0 Å². The number of hydrogen-bond donors (Lipinski definition) is 0. The van der Waals surface area contributed by atoms with Crippen LogP contribution in [0.1, 0.15) is 23.6 Å². The highest BCUT2D eigenvalue weighted by Crippen LogP contribution is 2.42. The molecule has 1 heterocycles. The minimum Gasteiger partial charge on any atom is -0.0939 e. The smallest absolute Gasteiger partial charge is 0.0229 e. The summed E-state index contributed by atoms with van der Waals surface area (Å²) in [5, 5.41) is 0. The molecule has 14 heavy (non-hydrogen) atoms. The summed E-state index contributed by atoms with van der Waals surface area (Å²) in [5.74, 6) is 0. The highest BCUT2D eigenvalue weighted by molar-refractivity contribution is 8.03. The van der Waals surface area contributed by atoms with Crippen LogP contribution in [0.25, 0.3) is 5.57 Å². The quantitative estimate of drug-likeness (QED) is 0.603. The van der Waals surface area contributed by atoms with E-state index in [1.165, 1.54) is 26.5 Å². The largest absolute Gasteiger partial charge is 0.0939 e. The number of fused-ring (bicyclic) bond motifs is 1. The Bertz CT molecular complexity index is 439. The zero-order valence-electron chi connectivity index (χ0n) is 8.85. The minimum atomic E-state index is 1.15. The summed E-state index contributed by atoms with van der Waals surface area (Å²) in [7, 11) is 0. The van der Waals surface area contributed by atoms with E-state index < -0.39 is 0 Å². The van der Waals surface area contributed by atoms with Crippen LogP contribution in [0.15, 0.2) is 34.6 Å². The Hall–Kier alpha value is -0.950. The van der Waals surface area contributed by atoms with Crippen LogP contribution in [0.4, 0.5) is 0 Å². The molecule has 0 N–H and O–H groups in total. The summed E-state index contributed by atoms with van der Waals surface area (Å²) < 4.78 is 0. The van der Waals surface area contributed by atoms with Gasteiger partial charge in [-0.2, -0.15) is 0 Å². The van der Waals surface area contributed by atoms with Crippen LogP contribution in [0, 0.1) is 13.8 Å². The first-order valence-corrected chi connectivity index (χ1v) is 5.57. The molecule has 0 saturated heterocycles. The van der Waals surface area contributed by atoms with E-state index in [1.807, 2.05) is 11.8 Å². The molecule has 1 aliphatic rings. The Morgan fingerprint density at radius 2 is 1.71 bits per heavy atom. The van der Waals surface area contributed by atoms with Crippen LogP contribution in [-0.4, -0.2) is 0 Å². The van der Waals surface area contributed by atoms with Crippen molar-refractivity contribution < 1.29 is 0 Å². The van der Waals surface area contributed by atoms with Gasteiger partial charge in [0.1, 0.15) is 0 Å². The van der Waals surface area contributed by atoms with Crippen molar-refractivity contribution in [2.75, 3.05) is 0 Å². The van der Waals surface area contributed by atoms with Crippen molar-refractivity contribution in [2.45, 2.75) is 25.7 Å². The highest BCUT2D eigenvalue weighted by atomic mass is 32.2. The maximum atomic E-state index is 4.12. The summed E-state index contributed by atoms with van der Waals surface area (Å²) in [6.07, 6.45) is 2.17. The van der Waals surface area contributed by atoms with Crippen LogP contribution in [0.3, 0.4) is 0 Å². The number of benzene rings is 1. The highest BCUT2D eigenvalue weighted by Gasteiger charge is 2.16. The molecule has 0 saturated carbocycles. The van der Waals surface area contributed by atoms with Gasteiger partial charge in [-0.1, -0.05) is 30.5 Å². The third kappa shape index (κ3) is 1.42. The van der Waals surface area contributed by atoms with Crippen molar-refractivity contribution in [2.24, 2.45) is 0 Å². The second-order valence-corrected chi connectivity index (χ2v) is 5.04. The Morgan fingerprint density at radius 3 is 2.43 bits per heavy atom. The molecule has 1 aromatic carbocycles. The molecule has 0 spiro atoms. The normalized spacial score (nSPS) is 15.1. The SMILES string of the molecule is C=C1C=C(C)Sc2c(C)ccc(C)c21. The molecule has 0 radical (unpaired) electrons. The van der Waals surface area contributed by atoms with Crippen molar-refractivity contribution in [3.05, 3.63) is 46.4 Å². The zero-order valence-corrected chi connectivity index (χ0v) is 9.66. The lowest BCUT2D eigenvalue weighted by Gasteiger charge is -2.20. The van der Waals surface area contributed by atoms with E-state index in [1.54, 1.807) is 0 Å². The van der Waals surface area contributed by atoms with E-state index in [4.69, 9.17) is 0 Å². The Kier molecular flexibility index (Phi) is 2.28. The predicted molar refractivity (Wildman–Crippen MR) is 64.6 cm³/mol. The first-order chi connectivity index (χ1) is 6.59. The second-order valence-electron chi connectivity index (χ2n) is 3.79. The number of aryl methyl sites for hydroxylation is 2. The van der Waals surface area contributed by atoms with E-state index in [9.17, 15) is 0 Å². The third-order valence-electron chi connectivity index (χ3n) is 2.52. The van der Waals surface area contributed by atoms with E-state index in [0.717, 1.165) is 5.57 Å². The van der Waals surface area contributed by atoms with Crippen molar-refractivity contribution >= 4 is 17.3 Å². The van der Waals surface area contributed by atoms with E-state index in [0.29, 0.717) is 0 Å². The average Bonchev–Trinajstić information content (AvgIpc) is 2.10. The number of thioether (sulfide) groups is 1. The van der Waals surface area contributed by atoms with Crippen molar-refractivity contribution in [1.29, 1.82) is 0 Å². The van der Waals surface area contributed by atoms with Gasteiger partial charge in [0.15, 0.2) is 0 Å². The summed E-state index contributed by atoms with van der Waals surface area (Å²) in [6.45, 7) is 10.6. The molecule has 1 aliphatic heterocycles. The first-order valence-electron chi connectivity index (χ1n) is 4.75. The molecule has 1 aromatic rings. The summed E-state index contributed by atoms with van der Waals surface area (Å²) in [6, 6.07) is 4.36. The molecule has 0 bridgehead atoms. The van der Waals surface area contributed by atoms with Gasteiger partial charge in [0.25, 0.3) is 0 Å². The van der Waals surface area contributed by atoms with Crippen LogP contribution >= 0.6 is 11.8 Å². The lowest BCUT2D eigenvalue weighted by Crippen LogP contribution is -1.97. The van der Waals surface area contributed by atoms with Crippen LogP contribution < -0.4 is 0 Å². The van der Waals surface area contributed by atoms with Crippen LogP contribution in [-0.2, 0) is 0 Å². The Balaban J connectivity index is 2.70. The molecule has 2 rings (SSSR count). The molecule has 72 valence electrons. The fraction of sp³-hybridized carbons (Fsp3) is 0.231. The van der Waals surface area contributed by atoms with Crippen molar-refractivity contribution in [1.82, 2.24) is 0 Å². The molecule has 0 aliphatic carbocycles. The summed E-state index contributed by atoms with van der Waals surface area (Å²) >= 11 is 1.86. The van der Waals surface area contributed by atoms with Crippen molar-refractivity contribution in [3.63, 3.8) is 0 Å². The van der Waals surface area contributed by atoms with Gasteiger partial charge in [-0.3, -0.25) is 0 Å². The summed E-state index contributed by atoms with van der Waals surface area (Å²) in [4.78, 5) is 2.71. The van der Waals surface area contributed by atoms with Crippen LogP contribution in [0.2, 0.25) is 0 Å². The van der Waals surface area contributed by atoms with E-state index in [2.05, 4.69) is 45.6 Å². The number of hydrogen-bond acceptors (Lipinski definition) is 1. The Labute approximate surface area is 89.7 Å². The number of rotatable bonds is 0. The van der Waals surface area contributed by atoms with Gasteiger partial charge in [-0.25, -0.2) is 0 Å². The first kappa shape index (κ1) is 9.60. The van der Waals surface area contributed by atoms with Gasteiger partial charge in [0.05, 0.1) is 0 Å². The van der Waals surface area contributed by atoms with Crippen molar-refractivity contribution in [3.8, 4) is 0 Å². The molecule has 0 atom stereocenters. The molecule has 1 heteroatoms. The topological polar surface area (TPSA) is 0 Å². The molecular weight excluding hydrogens is 188 g/mol. The molecule has 0 unspecified atom stereocenters. The monoisotopic (exact) mass is 202 g/mol. The van der Waals surface area contributed by atoms with Gasteiger partial charge in [-0.15, -0.1) is 0 Å². The fourth-order valence-electron chi connectivity index (χ4n) is 1.82. The van der Waals surface area contributed by atoms with Gasteiger partial charge in [-0.05, 0) is 54.0 Å². The molecule has 0 aromatic heterocycles. The maximum Gasteiger partial charge on any atom is 0.0229 e. The lowest BCUT2D eigenvalue weighted by molar-refractivity contribution is 1.22. The zero-order chi connectivity index (χ0) is 10.3. The van der Waals surface area contributed by atoms with E-state index in [-0.39, 0.29) is 0 Å². The second kappa shape index (κ2) is 3.32. The standard InChI is InChI=1S/C13H14S/c1-8-5-6-9(2)13-12(8)10(3)7-11(4)14-13/h5-7H,3H2,1-2,4H3. The predicted octanol–water partition coefficient (Wildman–Crippen LogP) is 4.33.